The van der Waals surface area contributed by atoms with Crippen LogP contribution in [0.5, 0.6) is 5.75 Å². The van der Waals surface area contributed by atoms with Gasteiger partial charge >= 0.3 is 18.6 Å². The number of rotatable bonds is 9. The van der Waals surface area contributed by atoms with Crippen molar-refractivity contribution in [3.05, 3.63) is 51.9 Å². The van der Waals surface area contributed by atoms with E-state index >= 15 is 0 Å². The maximum absolute atomic E-state index is 12.7. The van der Waals surface area contributed by atoms with E-state index in [4.69, 9.17) is 9.47 Å². The van der Waals surface area contributed by atoms with E-state index in [0.717, 1.165) is 42.2 Å². The van der Waals surface area contributed by atoms with Crippen LogP contribution in [-0.4, -0.2) is 37.2 Å². The van der Waals surface area contributed by atoms with Gasteiger partial charge in [-0.2, -0.15) is 8.78 Å². The van der Waals surface area contributed by atoms with Gasteiger partial charge in [0.2, 0.25) is 0 Å². The molecule has 1 aliphatic carbocycles. The normalized spacial score (nSPS) is 13.9. The Morgan fingerprint density at radius 3 is 2.53 bits per heavy atom. The lowest BCUT2D eigenvalue weighted by molar-refractivity contribution is -0.148. The van der Waals surface area contributed by atoms with E-state index in [1.165, 1.54) is 48.6 Å². The Morgan fingerprint density at radius 2 is 1.85 bits per heavy atom. The summed E-state index contributed by atoms with van der Waals surface area (Å²) >= 11 is 1.35. The Hall–Kier alpha value is -3.27. The van der Waals surface area contributed by atoms with Crippen molar-refractivity contribution < 1.29 is 37.4 Å². The molecule has 10 heteroatoms. The quantitative estimate of drug-likeness (QED) is 0.391. The largest absolute Gasteiger partial charge is 0.462 e. The van der Waals surface area contributed by atoms with Crippen molar-refractivity contribution in [1.29, 1.82) is 0 Å². The number of amides is 1. The number of nitrogens with one attached hydrogen (secondary N) is 1. The summed E-state index contributed by atoms with van der Waals surface area (Å²) in [5, 5.41) is 3.11. The molecule has 0 bridgehead atoms. The van der Waals surface area contributed by atoms with Crippen LogP contribution in [-0.2, 0) is 31.9 Å². The molecule has 0 radical (unpaired) electrons. The number of benzene rings is 1. The van der Waals surface area contributed by atoms with Crippen LogP contribution in [0.1, 0.15) is 53.1 Å². The molecule has 182 valence electrons. The van der Waals surface area contributed by atoms with E-state index in [2.05, 4.69) is 10.1 Å². The number of aryl methyl sites for hydroxylation is 1. The molecule has 1 amide bonds. The van der Waals surface area contributed by atoms with Crippen LogP contribution < -0.4 is 10.1 Å². The molecule has 1 aromatic carbocycles. The fourth-order valence-corrected chi connectivity index (χ4v) is 4.76. The number of carbonyl (C=O) groups excluding carboxylic acids is 3. The van der Waals surface area contributed by atoms with Gasteiger partial charge in [-0.1, -0.05) is 12.1 Å². The molecule has 1 aliphatic rings. The maximum atomic E-state index is 12.7. The van der Waals surface area contributed by atoms with E-state index in [1.807, 2.05) is 0 Å². The van der Waals surface area contributed by atoms with Gasteiger partial charge in [0, 0.05) is 11.0 Å². The van der Waals surface area contributed by atoms with Crippen LogP contribution in [0.3, 0.4) is 0 Å². The summed E-state index contributed by atoms with van der Waals surface area (Å²) in [5.41, 5.74) is 1.86. The second kappa shape index (κ2) is 11.7. The summed E-state index contributed by atoms with van der Waals surface area (Å²) in [5.74, 6) is -1.81. The number of carbonyl (C=O) groups is 3. The molecule has 1 atom stereocenters. The van der Waals surface area contributed by atoms with Gasteiger partial charge in [0.05, 0.1) is 12.2 Å². The van der Waals surface area contributed by atoms with Crippen LogP contribution in [0, 0.1) is 0 Å². The Kier molecular flexibility index (Phi) is 8.75. The van der Waals surface area contributed by atoms with Crippen LogP contribution in [0.15, 0.2) is 30.3 Å². The molecule has 0 saturated carbocycles. The third kappa shape index (κ3) is 6.63. The summed E-state index contributed by atoms with van der Waals surface area (Å²) in [6.45, 7) is 0.445. The van der Waals surface area contributed by atoms with Crippen molar-refractivity contribution in [2.24, 2.45) is 0 Å². The smallest absolute Gasteiger partial charge is 0.387 e. The predicted molar refractivity (Wildman–Crippen MR) is 123 cm³/mol. The lowest BCUT2D eigenvalue weighted by Crippen LogP contribution is -2.29. The molecule has 0 saturated heterocycles. The van der Waals surface area contributed by atoms with Gasteiger partial charge in [0.25, 0.3) is 5.91 Å². The molecule has 1 heterocycles. The number of ether oxygens (including phenoxy) is 3. The first-order chi connectivity index (χ1) is 16.3. The van der Waals surface area contributed by atoms with Crippen LogP contribution >= 0.6 is 11.3 Å². The minimum atomic E-state index is -2.92. The number of esters is 2. The summed E-state index contributed by atoms with van der Waals surface area (Å²) in [6, 6.07) is 5.67. The van der Waals surface area contributed by atoms with Gasteiger partial charge in [-0.15, -0.1) is 11.3 Å². The standard InChI is InChI=1S/C24H25F2NO6S/c1-3-31-23(30)20-17-6-4-5-7-18(17)34-22(20)27-21(29)14(2)32-19(28)13-10-15-8-11-16(12-9-15)33-24(25)26/h8-14,24H,3-7H2,1-2H3,(H,27,29)/b13-10+. The molecule has 1 N–H and O–H groups in total. The number of thiophene rings is 1. The molecule has 7 nitrogen and oxygen atoms in total. The highest BCUT2D eigenvalue weighted by atomic mass is 32.1. The predicted octanol–water partition coefficient (Wildman–Crippen LogP) is 4.99. The molecule has 1 unspecified atom stereocenters. The van der Waals surface area contributed by atoms with Gasteiger partial charge in [-0.05, 0) is 68.9 Å². The Balaban J connectivity index is 1.61. The SMILES string of the molecule is CCOC(=O)c1c(NC(=O)C(C)OC(=O)/C=C/c2ccc(OC(F)F)cc2)sc2c1CCCC2. The second-order valence-electron chi connectivity index (χ2n) is 7.48. The van der Waals surface area contributed by atoms with Crippen LogP contribution in [0.2, 0.25) is 0 Å². The zero-order valence-corrected chi connectivity index (χ0v) is 19.6. The summed E-state index contributed by atoms with van der Waals surface area (Å²) < 4.78 is 39.0. The average molecular weight is 494 g/mol. The van der Waals surface area contributed by atoms with E-state index < -0.39 is 30.6 Å². The first kappa shape index (κ1) is 25.4. The van der Waals surface area contributed by atoms with E-state index in [0.29, 0.717) is 16.1 Å². The Bertz CT molecular complexity index is 1060. The fraction of sp³-hybridized carbons (Fsp3) is 0.375. The molecule has 0 fully saturated rings. The molecule has 3 rings (SSSR count). The highest BCUT2D eigenvalue weighted by molar-refractivity contribution is 7.17. The lowest BCUT2D eigenvalue weighted by atomic mass is 9.95. The third-order valence-corrected chi connectivity index (χ3v) is 6.27. The van der Waals surface area contributed by atoms with Crippen molar-refractivity contribution in [1.82, 2.24) is 0 Å². The molecular weight excluding hydrogens is 468 g/mol. The molecule has 0 aliphatic heterocycles. The highest BCUT2D eigenvalue weighted by Gasteiger charge is 2.28. The van der Waals surface area contributed by atoms with Crippen LogP contribution in [0.4, 0.5) is 13.8 Å². The zero-order valence-electron chi connectivity index (χ0n) is 18.8. The molecule has 0 spiro atoms. The number of hydrogen-bond donors (Lipinski definition) is 1. The average Bonchev–Trinajstić information content (AvgIpc) is 3.16. The molecule has 34 heavy (non-hydrogen) atoms. The van der Waals surface area contributed by atoms with Gasteiger partial charge < -0.3 is 19.5 Å². The van der Waals surface area contributed by atoms with Gasteiger partial charge in [0.15, 0.2) is 6.10 Å². The zero-order chi connectivity index (χ0) is 24.7. The Labute approximate surface area is 199 Å². The Morgan fingerprint density at radius 1 is 1.15 bits per heavy atom. The summed E-state index contributed by atoms with van der Waals surface area (Å²) in [4.78, 5) is 38.4. The van der Waals surface area contributed by atoms with Gasteiger partial charge in [0.1, 0.15) is 10.8 Å². The van der Waals surface area contributed by atoms with Crippen molar-refractivity contribution in [2.45, 2.75) is 52.2 Å². The fourth-order valence-electron chi connectivity index (χ4n) is 3.48. The summed E-state index contributed by atoms with van der Waals surface area (Å²) in [6.07, 6.45) is 5.00. The number of hydrogen-bond acceptors (Lipinski definition) is 7. The summed E-state index contributed by atoms with van der Waals surface area (Å²) in [7, 11) is 0. The third-order valence-electron chi connectivity index (χ3n) is 5.07. The first-order valence-corrected chi connectivity index (χ1v) is 11.7. The minimum Gasteiger partial charge on any atom is -0.462 e. The van der Waals surface area contributed by atoms with E-state index in [9.17, 15) is 23.2 Å². The van der Waals surface area contributed by atoms with Gasteiger partial charge in [-0.3, -0.25) is 4.79 Å². The molecule has 2 aromatic rings. The van der Waals surface area contributed by atoms with Crippen LogP contribution in [0.25, 0.3) is 6.08 Å². The number of anilines is 1. The maximum Gasteiger partial charge on any atom is 0.387 e. The van der Waals surface area contributed by atoms with Gasteiger partial charge in [-0.25, -0.2) is 9.59 Å². The second-order valence-corrected chi connectivity index (χ2v) is 8.59. The van der Waals surface area contributed by atoms with Crippen molar-refractivity contribution in [3.8, 4) is 5.75 Å². The molecule has 1 aromatic heterocycles. The minimum absolute atomic E-state index is 0.00235. The van der Waals surface area contributed by atoms with Crippen molar-refractivity contribution in [2.75, 3.05) is 11.9 Å². The lowest BCUT2D eigenvalue weighted by Gasteiger charge is -2.13. The highest BCUT2D eigenvalue weighted by Crippen LogP contribution is 2.38. The number of halogens is 2. The monoisotopic (exact) mass is 493 g/mol. The number of alkyl halides is 2. The van der Waals surface area contributed by atoms with Crippen molar-refractivity contribution >= 4 is 40.3 Å². The molecular formula is C24H25F2NO6S. The first-order valence-electron chi connectivity index (χ1n) is 10.8. The number of fused-ring (bicyclic) bond motifs is 1. The van der Waals surface area contributed by atoms with Crippen molar-refractivity contribution in [3.63, 3.8) is 0 Å². The topological polar surface area (TPSA) is 90.9 Å². The van der Waals surface area contributed by atoms with E-state index in [-0.39, 0.29) is 12.4 Å². The van der Waals surface area contributed by atoms with E-state index in [1.54, 1.807) is 6.92 Å².